The number of fused-ring (bicyclic) bond motifs is 1. The Morgan fingerprint density at radius 2 is 1.74 bits per heavy atom. The first-order valence-electron chi connectivity index (χ1n) is 9.18. The molecule has 2 aliphatic heterocycles. The Kier molecular flexibility index (Phi) is 5.24. The topological polar surface area (TPSA) is 71.0 Å². The Labute approximate surface area is 159 Å². The van der Waals surface area contributed by atoms with Gasteiger partial charge in [-0.3, -0.25) is 4.90 Å². The molecule has 0 unspecified atom stereocenters. The van der Waals surface area contributed by atoms with Gasteiger partial charge in [-0.1, -0.05) is 42.5 Å². The number of nitrogens with zero attached hydrogens (tertiary/aromatic N) is 2. The highest BCUT2D eigenvalue weighted by molar-refractivity contribution is 7.90. The average Bonchev–Trinajstić information content (AvgIpc) is 2.68. The number of ether oxygens (including phenoxy) is 1. The molecule has 2 aromatic carbocycles. The molecule has 0 spiro atoms. The first-order chi connectivity index (χ1) is 13.1. The van der Waals surface area contributed by atoms with Crippen LogP contribution in [0.25, 0.3) is 0 Å². The molecule has 6 nitrogen and oxygen atoms in total. The number of sulfonamides is 1. The van der Waals surface area contributed by atoms with Crippen molar-refractivity contribution in [3.8, 4) is 0 Å². The summed E-state index contributed by atoms with van der Waals surface area (Å²) in [7, 11) is -3.62. The quantitative estimate of drug-likeness (QED) is 0.857. The Morgan fingerprint density at radius 1 is 1.04 bits per heavy atom. The Balaban J connectivity index is 1.30. The highest BCUT2D eigenvalue weighted by atomic mass is 32.2. The van der Waals surface area contributed by atoms with Crippen LogP contribution in [0.1, 0.15) is 18.4 Å². The molecular formula is C20H23N3O3S. The number of likely N-dealkylation sites (tertiary alicyclic amines) is 1. The zero-order chi connectivity index (χ0) is 18.7. The number of para-hydroxylation sites is 1. The number of anilines is 1. The maximum absolute atomic E-state index is 12.3. The van der Waals surface area contributed by atoms with Crippen LogP contribution in [0.5, 0.6) is 0 Å². The lowest BCUT2D eigenvalue weighted by molar-refractivity contribution is 0.000310. The van der Waals surface area contributed by atoms with E-state index in [1.807, 2.05) is 24.3 Å². The van der Waals surface area contributed by atoms with E-state index in [0.29, 0.717) is 24.7 Å². The SMILES string of the molecule is O=S1(=O)N=C(CN2CCC(OCc3ccccc3)CC2)Nc2ccccc21. The molecule has 0 aromatic heterocycles. The number of rotatable bonds is 5. The third-order valence-corrected chi connectivity index (χ3v) is 6.28. The highest BCUT2D eigenvalue weighted by Gasteiger charge is 2.27. The van der Waals surface area contributed by atoms with Crippen molar-refractivity contribution < 1.29 is 13.2 Å². The van der Waals surface area contributed by atoms with E-state index in [0.717, 1.165) is 25.9 Å². The third kappa shape index (κ3) is 4.37. The van der Waals surface area contributed by atoms with Gasteiger partial charge in [0.25, 0.3) is 10.0 Å². The van der Waals surface area contributed by atoms with Crippen molar-refractivity contribution in [2.75, 3.05) is 25.0 Å². The molecule has 1 N–H and O–H groups in total. The minimum absolute atomic E-state index is 0.238. The van der Waals surface area contributed by atoms with Gasteiger partial charge in [0.1, 0.15) is 10.7 Å². The van der Waals surface area contributed by atoms with Crippen molar-refractivity contribution >= 4 is 21.5 Å². The Hall–Kier alpha value is -2.22. The molecule has 0 amide bonds. The van der Waals surface area contributed by atoms with Crippen LogP contribution in [0.2, 0.25) is 0 Å². The fraction of sp³-hybridized carbons (Fsp3) is 0.350. The number of piperidine rings is 1. The van der Waals surface area contributed by atoms with Crippen LogP contribution in [-0.2, 0) is 21.4 Å². The van der Waals surface area contributed by atoms with Crippen LogP contribution < -0.4 is 5.32 Å². The summed E-state index contributed by atoms with van der Waals surface area (Å²) in [6.45, 7) is 2.86. The van der Waals surface area contributed by atoms with Crippen LogP contribution in [0.3, 0.4) is 0 Å². The number of amidine groups is 1. The maximum Gasteiger partial charge on any atom is 0.286 e. The van der Waals surface area contributed by atoms with Crippen LogP contribution in [-0.4, -0.2) is 44.9 Å². The minimum atomic E-state index is -3.62. The van der Waals surface area contributed by atoms with Crippen molar-refractivity contribution in [2.24, 2.45) is 4.40 Å². The Morgan fingerprint density at radius 3 is 2.52 bits per heavy atom. The summed E-state index contributed by atoms with van der Waals surface area (Å²) >= 11 is 0. The maximum atomic E-state index is 12.3. The third-order valence-electron chi connectivity index (χ3n) is 4.91. The van der Waals surface area contributed by atoms with Gasteiger partial charge in [-0.15, -0.1) is 4.40 Å². The molecule has 1 saturated heterocycles. The molecule has 4 rings (SSSR count). The zero-order valence-corrected chi connectivity index (χ0v) is 15.9. The summed E-state index contributed by atoms with van der Waals surface area (Å²) in [5, 5.41) is 3.16. The molecule has 0 aliphatic carbocycles. The lowest BCUT2D eigenvalue weighted by Gasteiger charge is -2.32. The average molecular weight is 385 g/mol. The molecule has 0 bridgehead atoms. The van der Waals surface area contributed by atoms with Gasteiger partial charge >= 0.3 is 0 Å². The monoisotopic (exact) mass is 385 g/mol. The van der Waals surface area contributed by atoms with Gasteiger partial charge in [0.2, 0.25) is 0 Å². The lowest BCUT2D eigenvalue weighted by Crippen LogP contribution is -2.42. The Bertz CT molecular complexity index is 920. The number of hydrogen-bond donors (Lipinski definition) is 1. The van der Waals surface area contributed by atoms with Crippen molar-refractivity contribution in [1.29, 1.82) is 0 Å². The van der Waals surface area contributed by atoms with E-state index in [1.165, 1.54) is 5.56 Å². The van der Waals surface area contributed by atoms with Gasteiger partial charge in [0, 0.05) is 13.1 Å². The van der Waals surface area contributed by atoms with Crippen molar-refractivity contribution in [2.45, 2.75) is 30.4 Å². The normalized spacial score (nSPS) is 19.8. The van der Waals surface area contributed by atoms with E-state index in [4.69, 9.17) is 4.74 Å². The van der Waals surface area contributed by atoms with E-state index in [-0.39, 0.29) is 11.0 Å². The molecule has 0 saturated carbocycles. The van der Waals surface area contributed by atoms with Crippen LogP contribution in [0.4, 0.5) is 5.69 Å². The van der Waals surface area contributed by atoms with Crippen LogP contribution in [0.15, 0.2) is 63.9 Å². The molecule has 142 valence electrons. The standard InChI is InChI=1S/C20H23N3O3S/c24-27(25)19-9-5-4-8-18(19)21-20(22-27)14-23-12-10-17(11-13-23)26-15-16-6-2-1-3-7-16/h1-9,17H,10-15H2,(H,21,22). The molecular weight excluding hydrogens is 362 g/mol. The van der Waals surface area contributed by atoms with E-state index in [9.17, 15) is 8.42 Å². The molecule has 1 fully saturated rings. The summed E-state index contributed by atoms with van der Waals surface area (Å²) in [6.07, 6.45) is 2.11. The molecule has 0 radical (unpaired) electrons. The van der Waals surface area contributed by atoms with Gasteiger partial charge < -0.3 is 10.1 Å². The van der Waals surface area contributed by atoms with E-state index >= 15 is 0 Å². The summed E-state index contributed by atoms with van der Waals surface area (Å²) in [4.78, 5) is 2.46. The number of benzene rings is 2. The predicted molar refractivity (Wildman–Crippen MR) is 105 cm³/mol. The summed E-state index contributed by atoms with van der Waals surface area (Å²) < 4.78 is 34.6. The first kappa shape index (κ1) is 18.2. The molecule has 27 heavy (non-hydrogen) atoms. The minimum Gasteiger partial charge on any atom is -0.373 e. The summed E-state index contributed by atoms with van der Waals surface area (Å²) in [5.41, 5.74) is 1.79. The second-order valence-electron chi connectivity index (χ2n) is 6.91. The van der Waals surface area contributed by atoms with Crippen molar-refractivity contribution in [3.05, 3.63) is 60.2 Å². The molecule has 2 aromatic rings. The van der Waals surface area contributed by atoms with Crippen LogP contribution in [0, 0.1) is 0 Å². The smallest absolute Gasteiger partial charge is 0.286 e. The lowest BCUT2D eigenvalue weighted by atomic mass is 10.1. The van der Waals surface area contributed by atoms with Gasteiger partial charge in [-0.25, -0.2) is 0 Å². The first-order valence-corrected chi connectivity index (χ1v) is 10.6. The van der Waals surface area contributed by atoms with E-state index in [1.54, 1.807) is 18.2 Å². The number of hydrogen-bond acceptors (Lipinski definition) is 5. The fourth-order valence-corrected chi connectivity index (χ4v) is 4.61. The predicted octanol–water partition coefficient (Wildman–Crippen LogP) is 2.88. The number of nitrogens with one attached hydrogen (secondary N) is 1. The van der Waals surface area contributed by atoms with Crippen LogP contribution >= 0.6 is 0 Å². The molecule has 2 aliphatic rings. The van der Waals surface area contributed by atoms with Gasteiger partial charge in [-0.2, -0.15) is 8.42 Å². The van der Waals surface area contributed by atoms with E-state index in [2.05, 4.69) is 26.7 Å². The molecule has 2 heterocycles. The van der Waals surface area contributed by atoms with E-state index < -0.39 is 10.0 Å². The van der Waals surface area contributed by atoms with Gasteiger partial charge in [-0.05, 0) is 30.5 Å². The second-order valence-corrected chi connectivity index (χ2v) is 8.48. The van der Waals surface area contributed by atoms with Crippen molar-refractivity contribution in [1.82, 2.24) is 4.90 Å². The molecule has 0 atom stereocenters. The summed E-state index contributed by atoms with van der Waals surface area (Å²) in [6, 6.07) is 17.1. The van der Waals surface area contributed by atoms with Crippen molar-refractivity contribution in [3.63, 3.8) is 0 Å². The second kappa shape index (κ2) is 7.80. The zero-order valence-electron chi connectivity index (χ0n) is 15.0. The largest absolute Gasteiger partial charge is 0.373 e. The fourth-order valence-electron chi connectivity index (χ4n) is 3.47. The molecule has 7 heteroatoms. The highest BCUT2D eigenvalue weighted by Crippen LogP contribution is 2.27. The summed E-state index contributed by atoms with van der Waals surface area (Å²) in [5.74, 6) is 0.484. The van der Waals surface area contributed by atoms with Gasteiger partial charge in [0.15, 0.2) is 0 Å². The van der Waals surface area contributed by atoms with Gasteiger partial charge in [0.05, 0.1) is 24.9 Å².